The van der Waals surface area contributed by atoms with Crippen LogP contribution in [0, 0.1) is 0 Å². The van der Waals surface area contributed by atoms with Crippen molar-refractivity contribution in [2.45, 2.75) is 13.1 Å². The summed E-state index contributed by atoms with van der Waals surface area (Å²) in [5.41, 5.74) is 2.27. The molecule has 0 amide bonds. The summed E-state index contributed by atoms with van der Waals surface area (Å²) in [5.74, 6) is 0. The Balaban J connectivity index is 1.87. The highest BCUT2D eigenvalue weighted by Gasteiger charge is 2.00. The van der Waals surface area contributed by atoms with Crippen LogP contribution in [0.15, 0.2) is 30.6 Å². The SMILES string of the molecule is Cn1cc(CNCc2ccc(Cl)c(Cl)c2)cn1. The summed E-state index contributed by atoms with van der Waals surface area (Å²) in [7, 11) is 1.91. The molecule has 0 fully saturated rings. The first-order valence-corrected chi connectivity index (χ1v) is 6.03. The van der Waals surface area contributed by atoms with Crippen molar-refractivity contribution in [3.8, 4) is 0 Å². The van der Waals surface area contributed by atoms with Crippen molar-refractivity contribution < 1.29 is 0 Å². The third-order valence-corrected chi connectivity index (χ3v) is 3.14. The molecule has 0 bridgehead atoms. The van der Waals surface area contributed by atoms with Crippen molar-refractivity contribution in [2.24, 2.45) is 7.05 Å². The Bertz CT molecular complexity index is 508. The van der Waals surface area contributed by atoms with Gasteiger partial charge in [-0.25, -0.2) is 0 Å². The number of aromatic nitrogens is 2. The van der Waals surface area contributed by atoms with Crippen LogP contribution in [0.1, 0.15) is 11.1 Å². The quantitative estimate of drug-likeness (QED) is 0.925. The molecule has 2 rings (SSSR count). The van der Waals surface area contributed by atoms with Crippen LogP contribution in [0.3, 0.4) is 0 Å². The van der Waals surface area contributed by atoms with Gasteiger partial charge in [-0.15, -0.1) is 0 Å². The maximum absolute atomic E-state index is 5.94. The highest BCUT2D eigenvalue weighted by Crippen LogP contribution is 2.22. The van der Waals surface area contributed by atoms with Gasteiger partial charge in [0.05, 0.1) is 16.2 Å². The van der Waals surface area contributed by atoms with Crippen LogP contribution in [0.25, 0.3) is 0 Å². The van der Waals surface area contributed by atoms with Gasteiger partial charge in [0.2, 0.25) is 0 Å². The van der Waals surface area contributed by atoms with E-state index in [2.05, 4.69) is 10.4 Å². The minimum absolute atomic E-state index is 0.586. The summed E-state index contributed by atoms with van der Waals surface area (Å²) >= 11 is 11.8. The fourth-order valence-corrected chi connectivity index (χ4v) is 1.88. The zero-order chi connectivity index (χ0) is 12.3. The summed E-state index contributed by atoms with van der Waals surface area (Å²) in [5, 5.41) is 8.60. The van der Waals surface area contributed by atoms with Gasteiger partial charge in [-0.05, 0) is 17.7 Å². The summed E-state index contributed by atoms with van der Waals surface area (Å²) in [4.78, 5) is 0. The summed E-state index contributed by atoms with van der Waals surface area (Å²) in [6, 6.07) is 5.65. The lowest BCUT2D eigenvalue weighted by atomic mass is 10.2. The average Bonchev–Trinajstić information content (AvgIpc) is 2.70. The molecule has 0 spiro atoms. The van der Waals surface area contributed by atoms with Gasteiger partial charge in [-0.2, -0.15) is 5.10 Å². The summed E-state index contributed by atoms with van der Waals surface area (Å²) < 4.78 is 1.79. The normalized spacial score (nSPS) is 10.8. The molecule has 0 aliphatic carbocycles. The number of benzene rings is 1. The zero-order valence-electron chi connectivity index (χ0n) is 9.45. The largest absolute Gasteiger partial charge is 0.309 e. The van der Waals surface area contributed by atoms with E-state index in [0.717, 1.165) is 24.2 Å². The minimum atomic E-state index is 0.586. The lowest BCUT2D eigenvalue weighted by Gasteiger charge is -2.04. The molecule has 1 N–H and O–H groups in total. The van der Waals surface area contributed by atoms with Crippen molar-refractivity contribution in [1.82, 2.24) is 15.1 Å². The molecule has 1 heterocycles. The van der Waals surface area contributed by atoms with Gasteiger partial charge < -0.3 is 5.32 Å². The van der Waals surface area contributed by atoms with E-state index < -0.39 is 0 Å². The van der Waals surface area contributed by atoms with Gasteiger partial charge in [-0.1, -0.05) is 29.3 Å². The van der Waals surface area contributed by atoms with Crippen molar-refractivity contribution in [3.63, 3.8) is 0 Å². The fourth-order valence-electron chi connectivity index (χ4n) is 1.56. The monoisotopic (exact) mass is 269 g/mol. The Kier molecular flexibility index (Phi) is 4.05. The Morgan fingerprint density at radius 3 is 2.59 bits per heavy atom. The number of nitrogens with one attached hydrogen (secondary N) is 1. The molecule has 0 aliphatic heterocycles. The molecule has 0 unspecified atom stereocenters. The third-order valence-electron chi connectivity index (χ3n) is 2.40. The zero-order valence-corrected chi connectivity index (χ0v) is 11.0. The maximum atomic E-state index is 5.94. The Morgan fingerprint density at radius 1 is 1.18 bits per heavy atom. The number of rotatable bonds is 4. The Labute approximate surface area is 110 Å². The fraction of sp³-hybridized carbons (Fsp3) is 0.250. The molecule has 0 saturated carbocycles. The summed E-state index contributed by atoms with van der Waals surface area (Å²) in [6.45, 7) is 1.54. The van der Waals surface area contributed by atoms with Crippen LogP contribution in [0.4, 0.5) is 0 Å². The van der Waals surface area contributed by atoms with E-state index in [1.54, 1.807) is 4.68 Å². The van der Waals surface area contributed by atoms with E-state index in [-0.39, 0.29) is 0 Å². The van der Waals surface area contributed by atoms with Crippen molar-refractivity contribution in [2.75, 3.05) is 0 Å². The van der Waals surface area contributed by atoms with Gasteiger partial charge in [0.1, 0.15) is 0 Å². The molecule has 0 radical (unpaired) electrons. The van der Waals surface area contributed by atoms with Gasteiger partial charge in [0, 0.05) is 31.9 Å². The first-order chi connectivity index (χ1) is 8.15. The molecule has 0 saturated heterocycles. The molecule has 1 aromatic heterocycles. The number of aryl methyl sites for hydroxylation is 1. The summed E-state index contributed by atoms with van der Waals surface area (Å²) in [6.07, 6.45) is 3.84. The number of halogens is 2. The van der Waals surface area contributed by atoms with E-state index >= 15 is 0 Å². The van der Waals surface area contributed by atoms with E-state index in [1.165, 1.54) is 0 Å². The van der Waals surface area contributed by atoms with Gasteiger partial charge in [0.15, 0.2) is 0 Å². The van der Waals surface area contributed by atoms with E-state index in [0.29, 0.717) is 10.0 Å². The third kappa shape index (κ3) is 3.46. The molecular weight excluding hydrogens is 257 g/mol. The lowest BCUT2D eigenvalue weighted by molar-refractivity contribution is 0.692. The second-order valence-electron chi connectivity index (χ2n) is 3.87. The first kappa shape index (κ1) is 12.4. The van der Waals surface area contributed by atoms with E-state index in [9.17, 15) is 0 Å². The smallest absolute Gasteiger partial charge is 0.0595 e. The average molecular weight is 270 g/mol. The van der Waals surface area contributed by atoms with Crippen molar-refractivity contribution >= 4 is 23.2 Å². The first-order valence-electron chi connectivity index (χ1n) is 5.27. The molecule has 1 aromatic carbocycles. The predicted octanol–water partition coefficient (Wildman–Crippen LogP) is 3.02. The molecule has 0 aliphatic rings. The highest BCUT2D eigenvalue weighted by atomic mass is 35.5. The standard InChI is InChI=1S/C12H13Cl2N3/c1-17-8-10(7-16-17)6-15-5-9-2-3-11(13)12(14)4-9/h2-4,7-8,15H,5-6H2,1H3. The van der Waals surface area contributed by atoms with Crippen LogP contribution in [0.5, 0.6) is 0 Å². The van der Waals surface area contributed by atoms with Crippen LogP contribution in [-0.4, -0.2) is 9.78 Å². The molecule has 90 valence electrons. The molecule has 5 heteroatoms. The Morgan fingerprint density at radius 2 is 1.94 bits per heavy atom. The van der Waals surface area contributed by atoms with Crippen LogP contribution in [0.2, 0.25) is 10.0 Å². The van der Waals surface area contributed by atoms with Gasteiger partial charge in [-0.3, -0.25) is 4.68 Å². The Hall–Kier alpha value is -1.03. The minimum Gasteiger partial charge on any atom is -0.309 e. The van der Waals surface area contributed by atoms with Crippen LogP contribution >= 0.6 is 23.2 Å². The van der Waals surface area contributed by atoms with E-state index in [1.807, 2.05) is 37.6 Å². The molecule has 2 aromatic rings. The second-order valence-corrected chi connectivity index (χ2v) is 4.69. The second kappa shape index (κ2) is 5.54. The molecule has 0 atom stereocenters. The topological polar surface area (TPSA) is 29.9 Å². The molecule has 17 heavy (non-hydrogen) atoms. The number of hydrogen-bond acceptors (Lipinski definition) is 2. The van der Waals surface area contributed by atoms with Crippen LogP contribution < -0.4 is 5.32 Å². The highest BCUT2D eigenvalue weighted by molar-refractivity contribution is 6.42. The van der Waals surface area contributed by atoms with E-state index in [4.69, 9.17) is 23.2 Å². The van der Waals surface area contributed by atoms with Gasteiger partial charge >= 0.3 is 0 Å². The van der Waals surface area contributed by atoms with Gasteiger partial charge in [0.25, 0.3) is 0 Å². The number of nitrogens with zero attached hydrogens (tertiary/aromatic N) is 2. The molecule has 3 nitrogen and oxygen atoms in total. The predicted molar refractivity (Wildman–Crippen MR) is 70.2 cm³/mol. The lowest BCUT2D eigenvalue weighted by Crippen LogP contribution is -2.12. The molecular formula is C12H13Cl2N3. The van der Waals surface area contributed by atoms with Crippen molar-refractivity contribution in [3.05, 3.63) is 51.8 Å². The maximum Gasteiger partial charge on any atom is 0.0595 e. The van der Waals surface area contributed by atoms with Crippen molar-refractivity contribution in [1.29, 1.82) is 0 Å². The number of hydrogen-bond donors (Lipinski definition) is 1. The van der Waals surface area contributed by atoms with Crippen LogP contribution in [-0.2, 0) is 20.1 Å².